The lowest BCUT2D eigenvalue weighted by Gasteiger charge is -1.98. The molecule has 0 spiro atoms. The van der Waals surface area contributed by atoms with E-state index in [1.54, 1.807) is 0 Å². The molecule has 3 rings (SSSR count). The van der Waals surface area contributed by atoms with Crippen LogP contribution >= 0.6 is 0 Å². The second-order valence-corrected chi connectivity index (χ2v) is 4.47. The van der Waals surface area contributed by atoms with Crippen molar-refractivity contribution in [2.75, 3.05) is 6.54 Å². The molecule has 2 heterocycles. The van der Waals surface area contributed by atoms with Crippen LogP contribution in [-0.4, -0.2) is 27.6 Å². The van der Waals surface area contributed by atoms with Gasteiger partial charge in [-0.25, -0.2) is 4.98 Å². The number of aromatic nitrogens is 3. The maximum absolute atomic E-state index is 10.6. The molecule has 0 fully saturated rings. The van der Waals surface area contributed by atoms with Gasteiger partial charge in [-0.1, -0.05) is 29.4 Å². The number of benzene rings is 1. The number of nitrogens with zero attached hydrogens (tertiary/aromatic N) is 3. The van der Waals surface area contributed by atoms with Gasteiger partial charge in [0.1, 0.15) is 5.69 Å². The second-order valence-electron chi connectivity index (χ2n) is 4.47. The van der Waals surface area contributed by atoms with Gasteiger partial charge in [-0.15, -0.1) is 0 Å². The fraction of sp³-hybridized carbons (Fsp3) is 0.143. The van der Waals surface area contributed by atoms with Crippen molar-refractivity contribution < 1.29 is 9.32 Å². The van der Waals surface area contributed by atoms with Crippen LogP contribution in [0.2, 0.25) is 0 Å². The minimum absolute atomic E-state index is 0.0614. The van der Waals surface area contributed by atoms with E-state index in [2.05, 4.69) is 20.4 Å². The Bertz CT molecular complexity index is 784. The molecule has 0 saturated heterocycles. The summed E-state index contributed by atoms with van der Waals surface area (Å²) < 4.78 is 5.10. The number of carbonyl (C=O) groups excluding carboxylic acids is 1. The lowest BCUT2D eigenvalue weighted by Crippen LogP contribution is -2.28. The Morgan fingerprint density at radius 2 is 2.05 bits per heavy atom. The number of hydrogen-bond donors (Lipinski definition) is 2. The Kier molecular flexibility index (Phi) is 3.57. The standard InChI is InChI=1S/C14H13N5O2/c15-12(20)7-16-8-13-18-14(19-21-13)11-6-5-9-3-1-2-4-10(9)17-11/h1-6,16H,7-8H2,(H2,15,20). The number of nitrogens with two attached hydrogens (primary N) is 1. The predicted molar refractivity (Wildman–Crippen MR) is 75.9 cm³/mol. The van der Waals surface area contributed by atoms with Gasteiger partial charge >= 0.3 is 0 Å². The average molecular weight is 283 g/mol. The van der Waals surface area contributed by atoms with Crippen LogP contribution < -0.4 is 11.1 Å². The quantitative estimate of drug-likeness (QED) is 0.719. The highest BCUT2D eigenvalue weighted by atomic mass is 16.5. The molecule has 2 aromatic heterocycles. The van der Waals surface area contributed by atoms with Crippen LogP contribution in [0.5, 0.6) is 0 Å². The van der Waals surface area contributed by atoms with Crippen LogP contribution in [0.15, 0.2) is 40.9 Å². The van der Waals surface area contributed by atoms with Crippen molar-refractivity contribution in [1.82, 2.24) is 20.4 Å². The molecule has 0 aliphatic rings. The van der Waals surface area contributed by atoms with E-state index in [0.717, 1.165) is 10.9 Å². The third-order valence-electron chi connectivity index (χ3n) is 2.87. The van der Waals surface area contributed by atoms with Crippen molar-refractivity contribution >= 4 is 16.8 Å². The monoisotopic (exact) mass is 283 g/mol. The van der Waals surface area contributed by atoms with Crippen molar-refractivity contribution in [3.05, 3.63) is 42.3 Å². The van der Waals surface area contributed by atoms with Crippen LogP contribution in [0, 0.1) is 0 Å². The third-order valence-corrected chi connectivity index (χ3v) is 2.87. The fourth-order valence-electron chi connectivity index (χ4n) is 1.91. The van der Waals surface area contributed by atoms with Crippen LogP contribution in [-0.2, 0) is 11.3 Å². The molecule has 7 heteroatoms. The number of amides is 1. The number of fused-ring (bicyclic) bond motifs is 1. The number of hydrogen-bond acceptors (Lipinski definition) is 6. The molecule has 21 heavy (non-hydrogen) atoms. The average Bonchev–Trinajstić information content (AvgIpc) is 2.95. The molecule has 0 atom stereocenters. The van der Waals surface area contributed by atoms with Crippen LogP contribution in [0.4, 0.5) is 0 Å². The molecule has 0 bridgehead atoms. The largest absolute Gasteiger partial charge is 0.369 e. The Morgan fingerprint density at radius 1 is 1.19 bits per heavy atom. The van der Waals surface area contributed by atoms with Gasteiger partial charge in [-0.05, 0) is 12.1 Å². The van der Waals surface area contributed by atoms with Crippen molar-refractivity contribution in [3.63, 3.8) is 0 Å². The van der Waals surface area contributed by atoms with Gasteiger partial charge < -0.3 is 10.3 Å². The van der Waals surface area contributed by atoms with Gasteiger partial charge in [0.15, 0.2) is 0 Å². The molecule has 0 aliphatic carbocycles. The highest BCUT2D eigenvalue weighted by Gasteiger charge is 2.10. The van der Waals surface area contributed by atoms with E-state index >= 15 is 0 Å². The summed E-state index contributed by atoms with van der Waals surface area (Å²) in [5.41, 5.74) is 6.53. The number of nitrogens with one attached hydrogen (secondary N) is 1. The number of carbonyl (C=O) groups is 1. The molecule has 0 saturated carbocycles. The Labute approximate surface area is 120 Å². The van der Waals surface area contributed by atoms with Crippen molar-refractivity contribution in [1.29, 1.82) is 0 Å². The summed E-state index contributed by atoms with van der Waals surface area (Å²) in [6.45, 7) is 0.343. The van der Waals surface area contributed by atoms with Crippen molar-refractivity contribution in [3.8, 4) is 11.5 Å². The second kappa shape index (κ2) is 5.68. The first-order valence-electron chi connectivity index (χ1n) is 6.40. The summed E-state index contributed by atoms with van der Waals surface area (Å²) in [6, 6.07) is 11.6. The molecule has 7 nitrogen and oxygen atoms in total. The molecule has 3 aromatic rings. The van der Waals surface area contributed by atoms with Gasteiger partial charge in [-0.3, -0.25) is 10.1 Å². The number of para-hydroxylation sites is 1. The molecule has 106 valence electrons. The number of primary amides is 1. The Morgan fingerprint density at radius 3 is 2.90 bits per heavy atom. The van der Waals surface area contributed by atoms with E-state index in [-0.39, 0.29) is 13.1 Å². The maximum Gasteiger partial charge on any atom is 0.240 e. The van der Waals surface area contributed by atoms with E-state index in [1.165, 1.54) is 0 Å². The summed E-state index contributed by atoms with van der Waals surface area (Å²) in [5.74, 6) is 0.351. The molecular formula is C14H13N5O2. The van der Waals surface area contributed by atoms with E-state index in [4.69, 9.17) is 10.3 Å². The summed E-state index contributed by atoms with van der Waals surface area (Å²) in [6.07, 6.45) is 0. The summed E-state index contributed by atoms with van der Waals surface area (Å²) in [5, 5.41) is 7.74. The highest BCUT2D eigenvalue weighted by Crippen LogP contribution is 2.18. The lowest BCUT2D eigenvalue weighted by atomic mass is 10.2. The van der Waals surface area contributed by atoms with E-state index < -0.39 is 5.91 Å². The Hall–Kier alpha value is -2.80. The van der Waals surface area contributed by atoms with Crippen molar-refractivity contribution in [2.24, 2.45) is 5.73 Å². The van der Waals surface area contributed by atoms with Crippen molar-refractivity contribution in [2.45, 2.75) is 6.54 Å². The molecule has 3 N–H and O–H groups in total. The molecule has 0 unspecified atom stereocenters. The Balaban J connectivity index is 1.79. The van der Waals surface area contributed by atoms with Crippen LogP contribution in [0.1, 0.15) is 5.89 Å². The van der Waals surface area contributed by atoms with Gasteiger partial charge in [0.25, 0.3) is 0 Å². The molecule has 1 aromatic carbocycles. The lowest BCUT2D eigenvalue weighted by molar-refractivity contribution is -0.117. The SMILES string of the molecule is NC(=O)CNCc1nc(-c2ccc3ccccc3n2)no1. The fourth-order valence-corrected chi connectivity index (χ4v) is 1.91. The summed E-state index contributed by atoms with van der Waals surface area (Å²) in [4.78, 5) is 19.3. The van der Waals surface area contributed by atoms with Gasteiger partial charge in [-0.2, -0.15) is 4.98 Å². The zero-order valence-electron chi connectivity index (χ0n) is 11.1. The van der Waals surface area contributed by atoms with E-state index in [9.17, 15) is 4.79 Å². The third kappa shape index (κ3) is 3.03. The topological polar surface area (TPSA) is 107 Å². The smallest absolute Gasteiger partial charge is 0.240 e. The number of rotatable bonds is 5. The molecule has 1 amide bonds. The number of pyridine rings is 1. The van der Waals surface area contributed by atoms with Gasteiger partial charge in [0.05, 0.1) is 18.6 Å². The summed E-state index contributed by atoms with van der Waals surface area (Å²) >= 11 is 0. The minimum atomic E-state index is -0.439. The van der Waals surface area contributed by atoms with Crippen LogP contribution in [0.3, 0.4) is 0 Å². The first-order chi connectivity index (χ1) is 10.2. The van der Waals surface area contributed by atoms with Crippen LogP contribution in [0.25, 0.3) is 22.4 Å². The first kappa shape index (κ1) is 13.2. The predicted octanol–water partition coefficient (Wildman–Crippen LogP) is 0.860. The molecule has 0 aliphatic heterocycles. The molecule has 0 radical (unpaired) electrons. The molecular weight excluding hydrogens is 270 g/mol. The van der Waals surface area contributed by atoms with E-state index in [1.807, 2.05) is 36.4 Å². The zero-order valence-corrected chi connectivity index (χ0v) is 11.1. The maximum atomic E-state index is 10.6. The minimum Gasteiger partial charge on any atom is -0.369 e. The van der Waals surface area contributed by atoms with E-state index in [0.29, 0.717) is 17.4 Å². The highest BCUT2D eigenvalue weighted by molar-refractivity contribution is 5.80. The van der Waals surface area contributed by atoms with Gasteiger partial charge in [0.2, 0.25) is 17.6 Å². The normalized spacial score (nSPS) is 10.9. The van der Waals surface area contributed by atoms with Gasteiger partial charge in [0, 0.05) is 5.39 Å². The zero-order chi connectivity index (χ0) is 14.7. The summed E-state index contributed by atoms with van der Waals surface area (Å²) in [7, 11) is 0. The first-order valence-corrected chi connectivity index (χ1v) is 6.40.